The largest absolute Gasteiger partial charge is 0.356 e. The van der Waals surface area contributed by atoms with Gasteiger partial charge in [-0.3, -0.25) is 0 Å². The van der Waals surface area contributed by atoms with E-state index in [0.717, 1.165) is 36.1 Å². The fourth-order valence-electron chi connectivity index (χ4n) is 3.91. The lowest BCUT2D eigenvalue weighted by atomic mass is 9.79. The Kier molecular flexibility index (Phi) is 4.78. The van der Waals surface area contributed by atoms with Crippen molar-refractivity contribution >= 4 is 26.9 Å². The van der Waals surface area contributed by atoms with Crippen molar-refractivity contribution in [3.05, 3.63) is 18.6 Å². The van der Waals surface area contributed by atoms with Gasteiger partial charge in [-0.1, -0.05) is 6.92 Å². The second-order valence-electron chi connectivity index (χ2n) is 6.76. The maximum Gasteiger partial charge on any atom is 0.211 e. The van der Waals surface area contributed by atoms with Crippen molar-refractivity contribution in [1.82, 2.24) is 19.7 Å². The second kappa shape index (κ2) is 6.68. The van der Waals surface area contributed by atoms with Crippen LogP contribution in [0.25, 0.3) is 11.0 Å². The van der Waals surface area contributed by atoms with Gasteiger partial charge in [0.1, 0.15) is 17.8 Å². The molecule has 8 heteroatoms. The molecule has 0 amide bonds. The lowest BCUT2D eigenvalue weighted by molar-refractivity contribution is 0.258. The first-order valence-electron chi connectivity index (χ1n) is 8.33. The summed E-state index contributed by atoms with van der Waals surface area (Å²) in [7, 11) is 0.410. The highest BCUT2D eigenvalue weighted by Gasteiger charge is 2.33. The van der Waals surface area contributed by atoms with Crippen molar-refractivity contribution in [1.29, 1.82) is 0 Å². The molecule has 1 saturated carbocycles. The molecule has 7 nitrogen and oxygen atoms in total. The molecular weight excluding hydrogens is 326 g/mol. The van der Waals surface area contributed by atoms with E-state index < -0.39 is 10.0 Å². The predicted molar refractivity (Wildman–Crippen MR) is 95.4 cm³/mol. The molecule has 132 valence electrons. The normalized spacial score (nSPS) is 25.0. The van der Waals surface area contributed by atoms with Crippen LogP contribution in [0.2, 0.25) is 0 Å². The lowest BCUT2D eigenvalue weighted by Crippen LogP contribution is -2.43. The molecule has 1 unspecified atom stereocenters. The minimum Gasteiger partial charge on any atom is -0.356 e. The van der Waals surface area contributed by atoms with Crippen LogP contribution in [0.15, 0.2) is 18.6 Å². The first-order valence-corrected chi connectivity index (χ1v) is 9.98. The third-order valence-electron chi connectivity index (χ3n) is 5.16. The van der Waals surface area contributed by atoms with Crippen LogP contribution in [0.4, 0.5) is 5.82 Å². The summed E-state index contributed by atoms with van der Waals surface area (Å²) in [5, 5.41) is 1.02. The number of H-pyrrole nitrogens is 1. The summed E-state index contributed by atoms with van der Waals surface area (Å²) in [6, 6.07) is 2.35. The van der Waals surface area contributed by atoms with Crippen LogP contribution in [-0.4, -0.2) is 49.3 Å². The SMILES string of the molecule is CNS(=O)(=O)C[C@@H]1CCC(N(C)c2ncnc3[nH]ccc23)[C@@H](C)C1. The summed E-state index contributed by atoms with van der Waals surface area (Å²) < 4.78 is 26.0. The Bertz CT molecular complexity index is 804. The highest BCUT2D eigenvalue weighted by molar-refractivity contribution is 7.89. The second-order valence-corrected chi connectivity index (χ2v) is 8.73. The number of nitrogens with zero attached hydrogens (tertiary/aromatic N) is 3. The first-order chi connectivity index (χ1) is 11.4. The molecule has 24 heavy (non-hydrogen) atoms. The van der Waals surface area contributed by atoms with E-state index in [-0.39, 0.29) is 11.7 Å². The zero-order valence-electron chi connectivity index (χ0n) is 14.4. The number of fused-ring (bicyclic) bond motifs is 1. The van der Waals surface area contributed by atoms with Crippen molar-refractivity contribution < 1.29 is 8.42 Å². The summed E-state index contributed by atoms with van der Waals surface area (Å²) in [5.74, 6) is 1.78. The molecule has 0 spiro atoms. The summed E-state index contributed by atoms with van der Waals surface area (Å²) in [6.07, 6.45) is 6.26. The molecule has 2 heterocycles. The summed E-state index contributed by atoms with van der Waals surface area (Å²) in [6.45, 7) is 2.20. The fraction of sp³-hybridized carbons (Fsp3) is 0.625. The molecule has 0 saturated heterocycles. The van der Waals surface area contributed by atoms with Gasteiger partial charge < -0.3 is 9.88 Å². The van der Waals surface area contributed by atoms with Gasteiger partial charge in [-0.25, -0.2) is 23.1 Å². The number of hydrogen-bond donors (Lipinski definition) is 2. The highest BCUT2D eigenvalue weighted by atomic mass is 32.2. The molecule has 0 aliphatic heterocycles. The Morgan fingerprint density at radius 1 is 1.38 bits per heavy atom. The Labute approximate surface area is 142 Å². The van der Waals surface area contributed by atoms with Crippen molar-refractivity contribution in [3.8, 4) is 0 Å². The van der Waals surface area contributed by atoms with Gasteiger partial charge >= 0.3 is 0 Å². The van der Waals surface area contributed by atoms with Crippen LogP contribution >= 0.6 is 0 Å². The molecule has 1 fully saturated rings. The van der Waals surface area contributed by atoms with E-state index in [1.807, 2.05) is 12.3 Å². The molecule has 3 rings (SSSR count). The number of anilines is 1. The van der Waals surface area contributed by atoms with Crippen LogP contribution in [0.1, 0.15) is 26.2 Å². The minimum atomic E-state index is -3.14. The van der Waals surface area contributed by atoms with Crippen molar-refractivity contribution in [3.63, 3.8) is 0 Å². The Morgan fingerprint density at radius 3 is 2.88 bits per heavy atom. The zero-order valence-corrected chi connectivity index (χ0v) is 15.2. The van der Waals surface area contributed by atoms with Gasteiger partial charge in [0.05, 0.1) is 11.1 Å². The maximum atomic E-state index is 11.8. The number of rotatable bonds is 5. The highest BCUT2D eigenvalue weighted by Crippen LogP contribution is 2.35. The van der Waals surface area contributed by atoms with Gasteiger partial charge in [0.25, 0.3) is 0 Å². The van der Waals surface area contributed by atoms with Gasteiger partial charge in [0, 0.05) is 19.3 Å². The van der Waals surface area contributed by atoms with E-state index in [9.17, 15) is 8.42 Å². The minimum absolute atomic E-state index is 0.222. The molecule has 0 bridgehead atoms. The summed E-state index contributed by atoms with van der Waals surface area (Å²) in [4.78, 5) is 14.1. The molecule has 2 N–H and O–H groups in total. The van der Waals surface area contributed by atoms with Gasteiger partial charge in [0.15, 0.2) is 0 Å². The Hall–Kier alpha value is -1.67. The average molecular weight is 351 g/mol. The number of sulfonamides is 1. The summed E-state index contributed by atoms with van der Waals surface area (Å²) >= 11 is 0. The quantitative estimate of drug-likeness (QED) is 0.856. The Morgan fingerprint density at radius 2 is 2.17 bits per heavy atom. The molecule has 1 aliphatic rings. The molecule has 3 atom stereocenters. The first kappa shape index (κ1) is 17.2. The Balaban J connectivity index is 1.73. The van der Waals surface area contributed by atoms with Crippen molar-refractivity contribution in [2.24, 2.45) is 11.8 Å². The van der Waals surface area contributed by atoms with Crippen LogP contribution in [0.3, 0.4) is 0 Å². The standard InChI is InChI=1S/C16H25N5O2S/c1-11-8-12(9-24(22,23)17-2)4-5-14(11)21(3)16-13-6-7-18-15(13)19-10-20-16/h6-7,10-12,14,17H,4-5,8-9H2,1-3H3,(H,18,19,20)/t11-,12+,14?/m0/s1. The summed E-state index contributed by atoms with van der Waals surface area (Å²) in [5.41, 5.74) is 0.841. The monoisotopic (exact) mass is 351 g/mol. The number of aromatic amines is 1. The predicted octanol–water partition coefficient (Wildman–Crippen LogP) is 1.75. The molecular formula is C16H25N5O2S. The lowest BCUT2D eigenvalue weighted by Gasteiger charge is -2.40. The van der Waals surface area contributed by atoms with Gasteiger partial charge in [-0.2, -0.15) is 0 Å². The van der Waals surface area contributed by atoms with E-state index >= 15 is 0 Å². The van der Waals surface area contributed by atoms with Crippen LogP contribution in [0.5, 0.6) is 0 Å². The molecule has 0 aromatic carbocycles. The van der Waals surface area contributed by atoms with E-state index in [0.29, 0.717) is 12.0 Å². The molecule has 2 aromatic rings. The third kappa shape index (κ3) is 3.39. The topological polar surface area (TPSA) is 91.0 Å². The molecule has 2 aromatic heterocycles. The number of hydrogen-bond acceptors (Lipinski definition) is 5. The van der Waals surface area contributed by atoms with Crippen LogP contribution in [0, 0.1) is 11.8 Å². The van der Waals surface area contributed by atoms with Crippen molar-refractivity contribution in [2.75, 3.05) is 24.7 Å². The molecule has 0 radical (unpaired) electrons. The van der Waals surface area contributed by atoms with E-state index in [4.69, 9.17) is 0 Å². The third-order valence-corrected chi connectivity index (χ3v) is 6.70. The molecule has 1 aliphatic carbocycles. The van der Waals surface area contributed by atoms with E-state index in [1.54, 1.807) is 6.33 Å². The number of aromatic nitrogens is 3. The van der Waals surface area contributed by atoms with Gasteiger partial charge in [0.2, 0.25) is 10.0 Å². The van der Waals surface area contributed by atoms with Gasteiger partial charge in [-0.05, 0) is 44.2 Å². The number of nitrogens with one attached hydrogen (secondary N) is 2. The van der Waals surface area contributed by atoms with Crippen LogP contribution in [-0.2, 0) is 10.0 Å². The van der Waals surface area contributed by atoms with E-state index in [2.05, 4.69) is 38.5 Å². The van der Waals surface area contributed by atoms with Gasteiger partial charge in [-0.15, -0.1) is 0 Å². The van der Waals surface area contributed by atoms with Crippen LogP contribution < -0.4 is 9.62 Å². The van der Waals surface area contributed by atoms with Crippen molar-refractivity contribution in [2.45, 2.75) is 32.2 Å². The zero-order chi connectivity index (χ0) is 17.3. The van der Waals surface area contributed by atoms with E-state index in [1.165, 1.54) is 7.05 Å². The smallest absolute Gasteiger partial charge is 0.211 e. The average Bonchev–Trinajstić information content (AvgIpc) is 3.02. The maximum absolute atomic E-state index is 11.8. The fourth-order valence-corrected chi connectivity index (χ4v) is 5.00.